The smallest absolute Gasteiger partial charge is 0.258 e. The molecule has 0 unspecified atom stereocenters. The number of rotatable bonds is 20. The van der Waals surface area contributed by atoms with Crippen molar-refractivity contribution in [2.45, 2.75) is 19.4 Å². The van der Waals surface area contributed by atoms with Gasteiger partial charge in [0.25, 0.3) is 11.8 Å². The SMILES string of the molecule is COc1cc(-c2nc(-c3ccc4cc(OCC(=O)NCCOCCOCCNCc5ccc6cc(CCc7ccccc7)oc6c5)ccc4n3)no2)ccn1. The molecular formula is C42H42N6O7. The first-order chi connectivity index (χ1) is 27.1. The minimum absolute atomic E-state index is 0.121. The van der Waals surface area contributed by atoms with Crippen molar-refractivity contribution in [3.8, 4) is 34.6 Å². The number of aromatic nitrogens is 4. The molecule has 7 rings (SSSR count). The van der Waals surface area contributed by atoms with Gasteiger partial charge in [-0.05, 0) is 60.0 Å². The molecule has 7 aromatic rings. The van der Waals surface area contributed by atoms with E-state index in [2.05, 4.69) is 79.3 Å². The summed E-state index contributed by atoms with van der Waals surface area (Å²) in [4.78, 5) is 25.6. The summed E-state index contributed by atoms with van der Waals surface area (Å²) in [6.07, 6.45) is 3.45. The van der Waals surface area contributed by atoms with Crippen LogP contribution in [0, 0.1) is 0 Å². The number of carbonyl (C=O) groups is 1. The molecule has 0 fully saturated rings. The number of fused-ring (bicyclic) bond motifs is 2. The molecule has 13 nitrogen and oxygen atoms in total. The fraction of sp³-hybridized carbons (Fsp3) is 0.262. The molecule has 3 aromatic carbocycles. The molecule has 2 N–H and O–H groups in total. The Hall–Kier alpha value is -6.15. The number of furan rings is 1. The molecule has 0 saturated heterocycles. The van der Waals surface area contributed by atoms with Crippen LogP contribution in [0.4, 0.5) is 0 Å². The lowest BCUT2D eigenvalue weighted by atomic mass is 10.1. The number of ether oxygens (including phenoxy) is 4. The fourth-order valence-corrected chi connectivity index (χ4v) is 5.85. The van der Waals surface area contributed by atoms with Gasteiger partial charge in [0.05, 0.1) is 39.1 Å². The second-order valence-electron chi connectivity index (χ2n) is 12.7. The average Bonchev–Trinajstić information content (AvgIpc) is 3.89. The van der Waals surface area contributed by atoms with E-state index >= 15 is 0 Å². The molecule has 0 spiro atoms. The number of hydrogen-bond donors (Lipinski definition) is 2. The minimum Gasteiger partial charge on any atom is -0.484 e. The first-order valence-corrected chi connectivity index (χ1v) is 18.2. The van der Waals surface area contributed by atoms with Gasteiger partial charge in [0.15, 0.2) is 6.61 Å². The van der Waals surface area contributed by atoms with E-state index in [9.17, 15) is 4.79 Å². The number of methoxy groups -OCH3 is 1. The van der Waals surface area contributed by atoms with Crippen LogP contribution in [-0.2, 0) is 33.7 Å². The van der Waals surface area contributed by atoms with Gasteiger partial charge >= 0.3 is 0 Å². The Bertz CT molecular complexity index is 2310. The number of benzene rings is 3. The Balaban J connectivity index is 0.731. The quantitative estimate of drug-likeness (QED) is 0.0854. The third-order valence-electron chi connectivity index (χ3n) is 8.71. The Kier molecular flexibility index (Phi) is 12.7. The van der Waals surface area contributed by atoms with Crippen LogP contribution < -0.4 is 20.1 Å². The maximum absolute atomic E-state index is 12.3. The molecule has 282 valence electrons. The molecule has 0 aliphatic rings. The molecule has 0 atom stereocenters. The number of hydrogen-bond acceptors (Lipinski definition) is 12. The number of nitrogens with zero attached hydrogens (tertiary/aromatic N) is 4. The molecule has 0 aliphatic carbocycles. The van der Waals surface area contributed by atoms with E-state index in [4.69, 9.17) is 27.9 Å². The van der Waals surface area contributed by atoms with E-state index in [0.29, 0.717) is 74.1 Å². The van der Waals surface area contributed by atoms with Gasteiger partial charge in [-0.2, -0.15) is 4.98 Å². The van der Waals surface area contributed by atoms with Crippen LogP contribution in [0.1, 0.15) is 16.9 Å². The van der Waals surface area contributed by atoms with E-state index < -0.39 is 0 Å². The first-order valence-electron chi connectivity index (χ1n) is 18.2. The maximum atomic E-state index is 12.3. The third kappa shape index (κ3) is 10.5. The summed E-state index contributed by atoms with van der Waals surface area (Å²) < 4.78 is 33.7. The lowest BCUT2D eigenvalue weighted by Gasteiger charge is -2.09. The van der Waals surface area contributed by atoms with E-state index in [0.717, 1.165) is 52.6 Å². The highest BCUT2D eigenvalue weighted by molar-refractivity contribution is 5.83. The second kappa shape index (κ2) is 18.7. The molecule has 13 heteroatoms. The molecule has 0 saturated carbocycles. The predicted molar refractivity (Wildman–Crippen MR) is 207 cm³/mol. The van der Waals surface area contributed by atoms with Gasteiger partial charge in [0, 0.05) is 54.7 Å². The highest BCUT2D eigenvalue weighted by Gasteiger charge is 2.14. The van der Waals surface area contributed by atoms with Crippen molar-refractivity contribution in [1.82, 2.24) is 30.7 Å². The molecule has 0 radical (unpaired) electrons. The maximum Gasteiger partial charge on any atom is 0.258 e. The first kappa shape index (κ1) is 37.2. The monoisotopic (exact) mass is 742 g/mol. The lowest BCUT2D eigenvalue weighted by molar-refractivity contribution is -0.123. The molecule has 4 aromatic heterocycles. The van der Waals surface area contributed by atoms with Crippen LogP contribution in [-0.4, -0.2) is 79.2 Å². The largest absolute Gasteiger partial charge is 0.484 e. The van der Waals surface area contributed by atoms with Crippen molar-refractivity contribution < 1.29 is 32.7 Å². The zero-order valence-electron chi connectivity index (χ0n) is 30.5. The standard InChI is InChI=1S/C42H42N6O7/c1-50-40-26-33(15-16-45-40)42-47-41(48-55-42)37-13-10-31-24-34(12-14-36(31)46-37)53-28-39(49)44-18-20-52-22-21-51-19-17-43-27-30-7-9-32-25-35(54-38(32)23-30)11-8-29-5-3-2-4-6-29/h2-7,9-10,12-16,23-26,43H,8,11,17-22,27-28H2,1H3,(H,44,49). The van der Waals surface area contributed by atoms with Crippen LogP contribution in [0.5, 0.6) is 11.6 Å². The zero-order valence-corrected chi connectivity index (χ0v) is 30.5. The van der Waals surface area contributed by atoms with E-state index in [1.807, 2.05) is 24.3 Å². The van der Waals surface area contributed by atoms with Gasteiger partial charge in [-0.25, -0.2) is 9.97 Å². The van der Waals surface area contributed by atoms with Gasteiger partial charge in [-0.3, -0.25) is 4.79 Å². The molecule has 0 bridgehead atoms. The minimum atomic E-state index is -0.242. The van der Waals surface area contributed by atoms with Crippen molar-refractivity contribution >= 4 is 27.8 Å². The van der Waals surface area contributed by atoms with Crippen LogP contribution in [0.3, 0.4) is 0 Å². The van der Waals surface area contributed by atoms with E-state index in [1.54, 1.807) is 37.6 Å². The van der Waals surface area contributed by atoms with Crippen molar-refractivity contribution in [3.63, 3.8) is 0 Å². The Labute approximate surface area is 318 Å². The predicted octanol–water partition coefficient (Wildman–Crippen LogP) is 6.20. The van der Waals surface area contributed by atoms with Crippen LogP contribution >= 0.6 is 0 Å². The molecule has 4 heterocycles. The molecular weight excluding hydrogens is 700 g/mol. The molecule has 1 amide bonds. The van der Waals surface area contributed by atoms with Crippen molar-refractivity contribution in [1.29, 1.82) is 0 Å². The fourth-order valence-electron chi connectivity index (χ4n) is 5.85. The Morgan fingerprint density at radius 2 is 1.64 bits per heavy atom. The van der Waals surface area contributed by atoms with Crippen LogP contribution in [0.25, 0.3) is 44.8 Å². The van der Waals surface area contributed by atoms with Gasteiger partial charge in [-0.15, -0.1) is 0 Å². The zero-order chi connectivity index (χ0) is 37.7. The summed E-state index contributed by atoms with van der Waals surface area (Å²) in [5, 5.41) is 12.3. The van der Waals surface area contributed by atoms with Gasteiger partial charge < -0.3 is 38.5 Å². The van der Waals surface area contributed by atoms with Crippen molar-refractivity contribution in [2.24, 2.45) is 0 Å². The van der Waals surface area contributed by atoms with Crippen molar-refractivity contribution in [2.75, 3.05) is 53.2 Å². The van der Waals surface area contributed by atoms with Crippen molar-refractivity contribution in [3.05, 3.63) is 120 Å². The van der Waals surface area contributed by atoms with E-state index in [-0.39, 0.29) is 12.5 Å². The van der Waals surface area contributed by atoms with Gasteiger partial charge in [-0.1, -0.05) is 53.7 Å². The number of aryl methyl sites for hydroxylation is 2. The highest BCUT2D eigenvalue weighted by Crippen LogP contribution is 2.26. The average molecular weight is 743 g/mol. The summed E-state index contributed by atoms with van der Waals surface area (Å²) >= 11 is 0. The second-order valence-corrected chi connectivity index (χ2v) is 12.7. The lowest BCUT2D eigenvalue weighted by Crippen LogP contribution is -2.32. The Morgan fingerprint density at radius 3 is 2.51 bits per heavy atom. The molecule has 0 aliphatic heterocycles. The summed E-state index contributed by atoms with van der Waals surface area (Å²) in [6, 6.07) is 31.5. The number of nitrogens with one attached hydrogen (secondary N) is 2. The third-order valence-corrected chi connectivity index (χ3v) is 8.71. The normalized spacial score (nSPS) is 11.3. The summed E-state index contributed by atoms with van der Waals surface area (Å²) in [6.45, 7) is 3.55. The topological polar surface area (TPSA) is 156 Å². The van der Waals surface area contributed by atoms with Gasteiger partial charge in [0.1, 0.15) is 22.8 Å². The summed E-state index contributed by atoms with van der Waals surface area (Å²) in [5.74, 6) is 2.45. The number of amides is 1. The highest BCUT2D eigenvalue weighted by atomic mass is 16.5. The Morgan fingerprint density at radius 1 is 0.782 bits per heavy atom. The molecule has 55 heavy (non-hydrogen) atoms. The summed E-state index contributed by atoms with van der Waals surface area (Å²) in [7, 11) is 1.54. The van der Waals surface area contributed by atoms with Gasteiger partial charge in [0.2, 0.25) is 11.7 Å². The summed E-state index contributed by atoms with van der Waals surface area (Å²) in [5.41, 5.74) is 5.36. The van der Waals surface area contributed by atoms with Crippen LogP contribution in [0.2, 0.25) is 0 Å². The number of carbonyl (C=O) groups excluding carboxylic acids is 1. The van der Waals surface area contributed by atoms with Crippen LogP contribution in [0.15, 0.2) is 112 Å². The van der Waals surface area contributed by atoms with E-state index in [1.165, 1.54) is 5.56 Å². The number of pyridine rings is 2.